The van der Waals surface area contributed by atoms with Gasteiger partial charge in [0.25, 0.3) is 0 Å². The van der Waals surface area contributed by atoms with Crippen molar-refractivity contribution in [1.82, 2.24) is 0 Å². The van der Waals surface area contributed by atoms with Crippen molar-refractivity contribution < 1.29 is 9.59 Å². The van der Waals surface area contributed by atoms with Gasteiger partial charge in [-0.1, -0.05) is 100 Å². The lowest BCUT2D eigenvalue weighted by atomic mass is 10.1. The normalized spacial score (nSPS) is 12.1. The third-order valence-corrected chi connectivity index (χ3v) is 6.40. The van der Waals surface area contributed by atoms with Gasteiger partial charge < -0.3 is 14.6 Å². The fourth-order valence-corrected chi connectivity index (χ4v) is 4.38. The number of hydrogen-bond acceptors (Lipinski definition) is 2. The van der Waals surface area contributed by atoms with E-state index in [1.165, 1.54) is 57.8 Å². The molecule has 0 amide bonds. The number of quaternary nitrogens is 1. The fraction of sp³-hybridized carbons (Fsp3) is 0.731. The van der Waals surface area contributed by atoms with Crippen molar-refractivity contribution in [1.29, 1.82) is 0 Å². The van der Waals surface area contributed by atoms with Crippen molar-refractivity contribution in [3.8, 4) is 0 Å². The van der Waals surface area contributed by atoms with Crippen LogP contribution in [0.15, 0.2) is 23.2 Å². The summed E-state index contributed by atoms with van der Waals surface area (Å²) in [5, 5.41) is 13.4. The second-order valence-electron chi connectivity index (χ2n) is 9.47. The van der Waals surface area contributed by atoms with E-state index in [2.05, 4.69) is 26.0 Å². The monoisotopic (exact) mass is 506 g/mol. The molecule has 0 N–H and O–H groups in total. The highest BCUT2D eigenvalue weighted by molar-refractivity contribution is 6.35. The summed E-state index contributed by atoms with van der Waals surface area (Å²) in [4.78, 5) is 4.25. The Morgan fingerprint density at radius 1 is 0.875 bits per heavy atom. The Bertz CT molecular complexity index is 635. The number of benzene rings is 1. The lowest BCUT2D eigenvalue weighted by molar-refractivity contribution is -0.903. The molecule has 0 atom stereocenters. The summed E-state index contributed by atoms with van der Waals surface area (Å²) in [7, 11) is 4.36. The molecular formula is C26H45Cl3N2O. The summed E-state index contributed by atoms with van der Waals surface area (Å²) in [6.07, 6.45) is 15.8. The quantitative estimate of drug-likeness (QED) is 0.0862. The summed E-state index contributed by atoms with van der Waals surface area (Å²) in [5.74, 6) is 0.0713. The van der Waals surface area contributed by atoms with E-state index >= 15 is 0 Å². The summed E-state index contributed by atoms with van der Waals surface area (Å²) in [5.41, 5.74) is 1.10. The Hall–Kier alpha value is -0.480. The first-order valence-electron chi connectivity index (χ1n) is 12.3. The second-order valence-corrected chi connectivity index (χ2v) is 10.3. The third-order valence-electron chi connectivity index (χ3n) is 5.82. The highest BCUT2D eigenvalue weighted by atomic mass is 35.5. The molecule has 0 saturated carbocycles. The fourth-order valence-electron chi connectivity index (χ4n) is 3.91. The number of hydrogen-bond donors (Lipinski definition) is 0. The second kappa shape index (κ2) is 18.9. The van der Waals surface area contributed by atoms with Crippen LogP contribution in [0.25, 0.3) is 0 Å². The van der Waals surface area contributed by atoms with E-state index in [1.807, 2.05) is 12.1 Å². The van der Waals surface area contributed by atoms with Crippen LogP contribution in [-0.2, 0) is 6.54 Å². The maximum atomic E-state index is 12.0. The molecule has 186 valence electrons. The highest BCUT2D eigenvalue weighted by Crippen LogP contribution is 2.23. The van der Waals surface area contributed by atoms with Crippen molar-refractivity contribution in [3.63, 3.8) is 0 Å². The standard InChI is InChI=1S/C26H44Cl2N2O.ClH/c1-4-5-6-7-8-9-10-11-12-13-14-16-26(31)29-19-15-20-30(2,3)22-23-17-18-24(27)21-25(23)28;/h17-18,21H,4-16,19-20,22H2,1-3H3;1H. The van der Waals surface area contributed by atoms with Gasteiger partial charge in [-0.25, -0.2) is 0 Å². The summed E-state index contributed by atoms with van der Waals surface area (Å²) in [6, 6.07) is 5.67. The number of rotatable bonds is 18. The van der Waals surface area contributed by atoms with Crippen molar-refractivity contribution in [2.75, 3.05) is 27.2 Å². The Balaban J connectivity index is 0.00000961. The smallest absolute Gasteiger partial charge is 0.105 e. The van der Waals surface area contributed by atoms with Gasteiger partial charge in [-0.15, -0.1) is 12.4 Å². The van der Waals surface area contributed by atoms with Crippen LogP contribution in [0.3, 0.4) is 0 Å². The molecule has 1 rings (SSSR count). The molecule has 0 bridgehead atoms. The molecular weight excluding hydrogens is 463 g/mol. The molecule has 0 saturated heterocycles. The number of unbranched alkanes of at least 4 members (excludes halogenated alkanes) is 10. The van der Waals surface area contributed by atoms with Crippen LogP contribution in [0.5, 0.6) is 0 Å². The zero-order valence-electron chi connectivity index (χ0n) is 20.5. The molecule has 6 heteroatoms. The van der Waals surface area contributed by atoms with E-state index in [-0.39, 0.29) is 18.3 Å². The maximum Gasteiger partial charge on any atom is 0.105 e. The van der Waals surface area contributed by atoms with Crippen molar-refractivity contribution in [3.05, 3.63) is 33.8 Å². The molecule has 0 aliphatic rings. The van der Waals surface area contributed by atoms with Crippen LogP contribution in [0.1, 0.15) is 96.0 Å². The molecule has 0 heterocycles. The predicted molar refractivity (Wildman–Crippen MR) is 142 cm³/mol. The van der Waals surface area contributed by atoms with Crippen LogP contribution in [0.2, 0.25) is 10.0 Å². The summed E-state index contributed by atoms with van der Waals surface area (Å²) >= 11 is 12.3. The van der Waals surface area contributed by atoms with Gasteiger partial charge in [0.15, 0.2) is 0 Å². The van der Waals surface area contributed by atoms with Crippen LogP contribution >= 0.6 is 35.6 Å². The average molecular weight is 508 g/mol. The summed E-state index contributed by atoms with van der Waals surface area (Å²) in [6.45, 7) is 4.67. The van der Waals surface area contributed by atoms with Gasteiger partial charge in [0, 0.05) is 23.6 Å². The molecule has 0 unspecified atom stereocenters. The molecule has 1 aromatic rings. The van der Waals surface area contributed by atoms with E-state index < -0.39 is 0 Å². The van der Waals surface area contributed by atoms with Crippen LogP contribution < -0.4 is 5.11 Å². The average Bonchev–Trinajstić information content (AvgIpc) is 2.71. The minimum atomic E-state index is 0. The van der Waals surface area contributed by atoms with E-state index in [1.54, 1.807) is 6.07 Å². The third kappa shape index (κ3) is 16.2. The van der Waals surface area contributed by atoms with Crippen molar-refractivity contribution in [2.24, 2.45) is 4.99 Å². The topological polar surface area (TPSA) is 35.4 Å². The van der Waals surface area contributed by atoms with E-state index in [0.717, 1.165) is 42.4 Å². The Morgan fingerprint density at radius 2 is 1.44 bits per heavy atom. The first-order chi connectivity index (χ1) is 14.8. The predicted octanol–water partition coefficient (Wildman–Crippen LogP) is 7.84. The Morgan fingerprint density at radius 3 is 2.00 bits per heavy atom. The molecule has 0 fully saturated rings. The Labute approximate surface area is 213 Å². The molecule has 32 heavy (non-hydrogen) atoms. The van der Waals surface area contributed by atoms with Crippen LogP contribution in [0.4, 0.5) is 0 Å². The molecule has 1 aromatic carbocycles. The zero-order valence-corrected chi connectivity index (χ0v) is 22.8. The minimum Gasteiger partial charge on any atom is -0.862 e. The molecule has 0 radical (unpaired) electrons. The zero-order chi connectivity index (χ0) is 23.0. The first-order valence-corrected chi connectivity index (χ1v) is 13.1. The molecule has 3 nitrogen and oxygen atoms in total. The maximum absolute atomic E-state index is 12.0. The first kappa shape index (κ1) is 31.5. The SMILES string of the molecule is CCCCCCCCCCCCCC([O-])=NCCC[N+](C)(C)Cc1ccc(Cl)cc1Cl.Cl. The van der Waals surface area contributed by atoms with Crippen molar-refractivity contribution in [2.45, 2.75) is 96.9 Å². The van der Waals surface area contributed by atoms with E-state index in [4.69, 9.17) is 23.2 Å². The highest BCUT2D eigenvalue weighted by Gasteiger charge is 2.17. The lowest BCUT2D eigenvalue weighted by Crippen LogP contribution is -2.40. The van der Waals surface area contributed by atoms with Gasteiger partial charge in [-0.3, -0.25) is 0 Å². The minimum absolute atomic E-state index is 0. The molecule has 0 aromatic heterocycles. The number of nitrogens with zero attached hydrogens (tertiary/aromatic N) is 2. The summed E-state index contributed by atoms with van der Waals surface area (Å²) < 4.78 is 0.809. The van der Waals surface area contributed by atoms with Gasteiger partial charge in [0.05, 0.1) is 25.7 Å². The molecule has 0 aliphatic heterocycles. The van der Waals surface area contributed by atoms with Gasteiger partial charge in [-0.05, 0) is 30.9 Å². The molecule has 0 spiro atoms. The number of halogens is 3. The molecule has 0 aliphatic carbocycles. The van der Waals surface area contributed by atoms with Gasteiger partial charge in [0.2, 0.25) is 0 Å². The van der Waals surface area contributed by atoms with E-state index in [9.17, 15) is 5.11 Å². The lowest BCUT2D eigenvalue weighted by Gasteiger charge is -2.30. The van der Waals surface area contributed by atoms with Crippen molar-refractivity contribution >= 4 is 41.5 Å². The van der Waals surface area contributed by atoms with Gasteiger partial charge >= 0.3 is 0 Å². The van der Waals surface area contributed by atoms with Crippen LogP contribution in [-0.4, -0.2) is 37.6 Å². The van der Waals surface area contributed by atoms with E-state index in [0.29, 0.717) is 23.0 Å². The van der Waals surface area contributed by atoms with Gasteiger partial charge in [0.1, 0.15) is 6.54 Å². The van der Waals surface area contributed by atoms with Gasteiger partial charge in [-0.2, -0.15) is 0 Å². The largest absolute Gasteiger partial charge is 0.862 e. The number of aliphatic imine (C=N–C) groups is 1. The van der Waals surface area contributed by atoms with Crippen LogP contribution in [0, 0.1) is 0 Å². The Kier molecular flexibility index (Phi) is 18.6.